The van der Waals surface area contributed by atoms with Gasteiger partial charge in [-0.25, -0.2) is 0 Å². The first-order valence-electron chi connectivity index (χ1n) is 4.60. The molecule has 0 bridgehead atoms. The Hall–Kier alpha value is -0.0800. The number of aliphatic hydroxyl groups is 2. The summed E-state index contributed by atoms with van der Waals surface area (Å²) in [7, 11) is 0. The summed E-state index contributed by atoms with van der Waals surface area (Å²) in [5.41, 5.74) is 0. The van der Waals surface area contributed by atoms with Crippen molar-refractivity contribution in [2.45, 2.75) is 51.2 Å². The molecule has 1 saturated carbocycles. The van der Waals surface area contributed by atoms with Gasteiger partial charge < -0.3 is 10.2 Å². The van der Waals surface area contributed by atoms with Gasteiger partial charge in [0.2, 0.25) is 0 Å². The van der Waals surface area contributed by atoms with Gasteiger partial charge in [0.1, 0.15) is 0 Å². The third kappa shape index (κ3) is 2.46. The summed E-state index contributed by atoms with van der Waals surface area (Å²) in [6.07, 6.45) is 3.96. The molecule has 0 aromatic carbocycles. The van der Waals surface area contributed by atoms with Gasteiger partial charge in [-0.2, -0.15) is 0 Å². The van der Waals surface area contributed by atoms with E-state index in [1.165, 1.54) is 6.42 Å². The number of rotatable bonds is 1. The molecule has 0 aromatic heterocycles. The highest BCUT2D eigenvalue weighted by Gasteiger charge is 2.22. The van der Waals surface area contributed by atoms with E-state index in [0.717, 1.165) is 31.6 Å². The Labute approximate surface area is 68.2 Å². The Morgan fingerprint density at radius 3 is 1.82 bits per heavy atom. The Morgan fingerprint density at radius 2 is 1.45 bits per heavy atom. The summed E-state index contributed by atoms with van der Waals surface area (Å²) < 4.78 is 0. The summed E-state index contributed by atoms with van der Waals surface area (Å²) in [5, 5.41) is 18.6. The van der Waals surface area contributed by atoms with E-state index in [9.17, 15) is 10.2 Å². The van der Waals surface area contributed by atoms with Gasteiger partial charge >= 0.3 is 0 Å². The Morgan fingerprint density at radius 1 is 1.00 bits per heavy atom. The van der Waals surface area contributed by atoms with Crippen molar-refractivity contribution in [3.63, 3.8) is 0 Å². The monoisotopic (exact) mass is 158 g/mol. The van der Waals surface area contributed by atoms with Crippen molar-refractivity contribution in [1.82, 2.24) is 0 Å². The lowest BCUT2D eigenvalue weighted by Crippen LogP contribution is -2.23. The van der Waals surface area contributed by atoms with Crippen LogP contribution in [0.1, 0.15) is 39.0 Å². The fourth-order valence-electron chi connectivity index (χ4n) is 1.75. The Kier molecular flexibility index (Phi) is 3.34. The minimum atomic E-state index is -0.466. The van der Waals surface area contributed by atoms with Crippen LogP contribution < -0.4 is 0 Å². The van der Waals surface area contributed by atoms with E-state index in [1.54, 1.807) is 0 Å². The van der Waals surface area contributed by atoms with E-state index >= 15 is 0 Å². The molecule has 0 radical (unpaired) electrons. The summed E-state index contributed by atoms with van der Waals surface area (Å²) >= 11 is 0. The summed E-state index contributed by atoms with van der Waals surface area (Å²) in [6, 6.07) is 0. The van der Waals surface area contributed by atoms with Gasteiger partial charge in [-0.05, 0) is 31.6 Å². The van der Waals surface area contributed by atoms with E-state index in [2.05, 4.69) is 6.92 Å². The Bertz CT molecular complexity index is 102. The normalized spacial score (nSPS) is 40.1. The van der Waals surface area contributed by atoms with Gasteiger partial charge in [0.05, 0.1) is 12.2 Å². The quantitative estimate of drug-likeness (QED) is 0.565. The smallest absolute Gasteiger partial charge is 0.0799 e. The molecule has 2 unspecified atom stereocenters. The molecule has 1 fully saturated rings. The van der Waals surface area contributed by atoms with Gasteiger partial charge in [0.15, 0.2) is 0 Å². The Balaban J connectivity index is 2.38. The molecule has 0 amide bonds. The first-order chi connectivity index (χ1) is 5.24. The number of hydrogen-bond acceptors (Lipinski definition) is 2. The van der Waals surface area contributed by atoms with Gasteiger partial charge in [-0.3, -0.25) is 0 Å². The minimum absolute atomic E-state index is 0.466. The van der Waals surface area contributed by atoms with Gasteiger partial charge in [0, 0.05) is 0 Å². The maximum absolute atomic E-state index is 9.32. The standard InChI is InChI=1S/C9H18O2/c1-2-7-3-5-8(10)9(11)6-4-7/h7-11H,2-6H2,1H3. The van der Waals surface area contributed by atoms with Crippen LogP contribution in [0.2, 0.25) is 0 Å². The van der Waals surface area contributed by atoms with Crippen LogP contribution in [-0.4, -0.2) is 22.4 Å². The molecule has 0 saturated heterocycles. The second kappa shape index (κ2) is 4.07. The lowest BCUT2D eigenvalue weighted by atomic mass is 9.98. The first kappa shape index (κ1) is 9.01. The highest BCUT2D eigenvalue weighted by molar-refractivity contribution is 4.75. The zero-order chi connectivity index (χ0) is 8.27. The van der Waals surface area contributed by atoms with Crippen LogP contribution in [0.15, 0.2) is 0 Å². The number of aliphatic hydroxyl groups excluding tert-OH is 2. The zero-order valence-electron chi connectivity index (χ0n) is 7.16. The van der Waals surface area contributed by atoms with Gasteiger partial charge in [-0.1, -0.05) is 13.3 Å². The molecular weight excluding hydrogens is 140 g/mol. The molecule has 66 valence electrons. The first-order valence-corrected chi connectivity index (χ1v) is 4.60. The predicted octanol–water partition coefficient (Wildman–Crippen LogP) is 1.31. The van der Waals surface area contributed by atoms with E-state index in [-0.39, 0.29) is 0 Å². The van der Waals surface area contributed by atoms with Crippen LogP contribution in [0.5, 0.6) is 0 Å². The largest absolute Gasteiger partial charge is 0.390 e. The molecule has 2 heteroatoms. The maximum Gasteiger partial charge on any atom is 0.0799 e. The summed E-state index contributed by atoms with van der Waals surface area (Å²) in [5.74, 6) is 0.724. The van der Waals surface area contributed by atoms with Crippen molar-refractivity contribution < 1.29 is 10.2 Å². The zero-order valence-corrected chi connectivity index (χ0v) is 7.16. The number of hydrogen-bond donors (Lipinski definition) is 2. The molecule has 2 nitrogen and oxygen atoms in total. The molecule has 11 heavy (non-hydrogen) atoms. The average molecular weight is 158 g/mol. The predicted molar refractivity (Wildman–Crippen MR) is 44.3 cm³/mol. The molecule has 0 aromatic rings. The second-order valence-electron chi connectivity index (χ2n) is 3.56. The average Bonchev–Trinajstić information content (AvgIpc) is 2.16. The highest BCUT2D eigenvalue weighted by Crippen LogP contribution is 2.25. The molecule has 0 aliphatic heterocycles. The topological polar surface area (TPSA) is 40.5 Å². The maximum atomic E-state index is 9.32. The SMILES string of the molecule is CCC1CCC(O)C(O)CC1. The molecule has 2 N–H and O–H groups in total. The lowest BCUT2D eigenvalue weighted by molar-refractivity contribution is 0.0157. The second-order valence-corrected chi connectivity index (χ2v) is 3.56. The fourth-order valence-corrected chi connectivity index (χ4v) is 1.75. The summed E-state index contributed by atoms with van der Waals surface area (Å²) in [4.78, 5) is 0. The van der Waals surface area contributed by atoms with Crippen molar-refractivity contribution in [3.05, 3.63) is 0 Å². The minimum Gasteiger partial charge on any atom is -0.390 e. The third-order valence-corrected chi connectivity index (χ3v) is 2.76. The van der Waals surface area contributed by atoms with E-state index in [4.69, 9.17) is 0 Å². The van der Waals surface area contributed by atoms with E-state index in [0.29, 0.717) is 0 Å². The molecule has 1 aliphatic carbocycles. The van der Waals surface area contributed by atoms with Crippen molar-refractivity contribution in [1.29, 1.82) is 0 Å². The van der Waals surface area contributed by atoms with Crippen LogP contribution >= 0.6 is 0 Å². The van der Waals surface area contributed by atoms with Crippen molar-refractivity contribution in [3.8, 4) is 0 Å². The molecule has 1 rings (SSSR count). The third-order valence-electron chi connectivity index (χ3n) is 2.76. The van der Waals surface area contributed by atoms with Crippen LogP contribution in [0.3, 0.4) is 0 Å². The van der Waals surface area contributed by atoms with Gasteiger partial charge in [0.25, 0.3) is 0 Å². The van der Waals surface area contributed by atoms with E-state index in [1.807, 2.05) is 0 Å². The fraction of sp³-hybridized carbons (Fsp3) is 1.00. The van der Waals surface area contributed by atoms with Crippen LogP contribution in [-0.2, 0) is 0 Å². The lowest BCUT2D eigenvalue weighted by Gasteiger charge is -2.12. The van der Waals surface area contributed by atoms with Crippen molar-refractivity contribution in [2.75, 3.05) is 0 Å². The molecular formula is C9H18O2. The highest BCUT2D eigenvalue weighted by atomic mass is 16.3. The van der Waals surface area contributed by atoms with Crippen LogP contribution in [0.25, 0.3) is 0 Å². The van der Waals surface area contributed by atoms with Crippen LogP contribution in [0, 0.1) is 5.92 Å². The van der Waals surface area contributed by atoms with Crippen LogP contribution in [0.4, 0.5) is 0 Å². The molecule has 1 aliphatic rings. The molecule has 0 heterocycles. The molecule has 2 atom stereocenters. The van der Waals surface area contributed by atoms with E-state index < -0.39 is 12.2 Å². The van der Waals surface area contributed by atoms with Crippen molar-refractivity contribution in [2.24, 2.45) is 5.92 Å². The van der Waals surface area contributed by atoms with Gasteiger partial charge in [-0.15, -0.1) is 0 Å². The summed E-state index contributed by atoms with van der Waals surface area (Å²) in [6.45, 7) is 2.18. The van der Waals surface area contributed by atoms with Crippen molar-refractivity contribution >= 4 is 0 Å². The molecule has 0 spiro atoms.